The molecule has 5 saturated carbocycles. The number of carboxylic acid groups (broad SMARTS) is 1. The molecule has 7 aliphatic rings. The van der Waals surface area contributed by atoms with Gasteiger partial charge >= 0.3 is 5.97 Å². The molecule has 2 aliphatic heterocycles. The van der Waals surface area contributed by atoms with Crippen LogP contribution in [0.1, 0.15) is 91.4 Å². The third-order valence-corrected chi connectivity index (χ3v) is 13.7. The third kappa shape index (κ3) is 3.21. The molecule has 2 heterocycles. The molecule has 7 heteroatoms. The van der Waals surface area contributed by atoms with E-state index in [1.807, 2.05) is 0 Å². The normalized spacial score (nSPS) is 57.1. The van der Waals surface area contributed by atoms with Gasteiger partial charge in [0, 0.05) is 17.8 Å². The number of carbonyl (C=O) groups excluding carboxylic acids is 2. The first-order chi connectivity index (χ1) is 18.0. The number of aliphatic carboxylic acids is 1. The Morgan fingerprint density at radius 3 is 2.34 bits per heavy atom. The maximum atomic E-state index is 14.3. The van der Waals surface area contributed by atoms with E-state index in [4.69, 9.17) is 9.47 Å². The molecule has 0 aromatic rings. The quantitative estimate of drug-likeness (QED) is 0.528. The summed E-state index contributed by atoms with van der Waals surface area (Å²) in [5, 5.41) is 20.5. The Kier molecular flexibility index (Phi) is 5.64. The summed E-state index contributed by atoms with van der Waals surface area (Å²) >= 11 is 0. The molecule has 38 heavy (non-hydrogen) atoms. The van der Waals surface area contributed by atoms with Gasteiger partial charge in [-0.25, -0.2) is 4.79 Å². The van der Waals surface area contributed by atoms with Gasteiger partial charge in [0.15, 0.2) is 11.9 Å². The minimum Gasteiger partial charge on any atom is -0.479 e. The Hall–Kier alpha value is -1.31. The molecule has 7 fully saturated rings. The molecule has 5 aliphatic carbocycles. The van der Waals surface area contributed by atoms with Crippen LogP contribution in [0.25, 0.3) is 0 Å². The van der Waals surface area contributed by atoms with Crippen LogP contribution in [0, 0.1) is 51.8 Å². The Bertz CT molecular complexity index is 1060. The van der Waals surface area contributed by atoms with Crippen LogP contribution < -0.4 is 0 Å². The lowest BCUT2D eigenvalue weighted by molar-refractivity contribution is -0.194. The number of carboxylic acids is 1. The number of epoxide rings is 1. The third-order valence-electron chi connectivity index (χ3n) is 13.7. The Morgan fingerprint density at radius 1 is 0.842 bits per heavy atom. The molecule has 0 aromatic carbocycles. The highest BCUT2D eigenvalue weighted by molar-refractivity contribution is 5.91. The summed E-state index contributed by atoms with van der Waals surface area (Å²) in [5.41, 5.74) is -0.0674. The van der Waals surface area contributed by atoms with Gasteiger partial charge in [0.05, 0.1) is 0 Å². The van der Waals surface area contributed by atoms with Crippen LogP contribution >= 0.6 is 0 Å². The van der Waals surface area contributed by atoms with Gasteiger partial charge in [-0.15, -0.1) is 0 Å². The number of ether oxygens (including phenoxy) is 2. The highest BCUT2D eigenvalue weighted by Gasteiger charge is 2.68. The minimum absolute atomic E-state index is 0.0614. The van der Waals surface area contributed by atoms with Crippen molar-refractivity contribution in [2.45, 2.75) is 122 Å². The number of hydrogen-bond donors (Lipinski definition) is 2. The Balaban J connectivity index is 1.16. The first-order valence-corrected chi connectivity index (χ1v) is 15.3. The monoisotopic (exact) mass is 528 g/mol. The van der Waals surface area contributed by atoms with Gasteiger partial charge in [0.25, 0.3) is 0 Å². The summed E-state index contributed by atoms with van der Waals surface area (Å²) in [6.07, 6.45) is 6.42. The topological polar surface area (TPSA) is 113 Å². The lowest BCUT2D eigenvalue weighted by Gasteiger charge is -2.67. The summed E-state index contributed by atoms with van der Waals surface area (Å²) < 4.78 is 11.3. The van der Waals surface area contributed by atoms with Crippen molar-refractivity contribution in [1.82, 2.24) is 0 Å². The largest absolute Gasteiger partial charge is 0.479 e. The summed E-state index contributed by atoms with van der Waals surface area (Å²) in [4.78, 5) is 38.7. The molecular weight excluding hydrogens is 484 g/mol. The van der Waals surface area contributed by atoms with Crippen LogP contribution in [0.5, 0.6) is 0 Å². The zero-order valence-electron chi connectivity index (χ0n) is 23.1. The maximum absolute atomic E-state index is 14.3. The van der Waals surface area contributed by atoms with Crippen molar-refractivity contribution in [2.24, 2.45) is 51.8 Å². The van der Waals surface area contributed by atoms with E-state index in [1.165, 1.54) is 12.8 Å². The fourth-order valence-corrected chi connectivity index (χ4v) is 11.9. The summed E-state index contributed by atoms with van der Waals surface area (Å²) in [6.45, 7) is 7.20. The molecule has 0 aromatic heterocycles. The SMILES string of the molecule is CC1C(=O)CCC2(C)C1CCC1(C)C3CCC4(C(=O)C5OC(C(=O)O)C6OC6C5O)CCCC4C3CCC21. The number of hydrogen-bond acceptors (Lipinski definition) is 6. The van der Waals surface area contributed by atoms with Crippen molar-refractivity contribution in [3.05, 3.63) is 0 Å². The molecule has 2 saturated heterocycles. The average Bonchev–Trinajstić information content (AvgIpc) is 3.56. The van der Waals surface area contributed by atoms with Gasteiger partial charge in [-0.1, -0.05) is 27.2 Å². The number of aliphatic hydroxyl groups is 1. The van der Waals surface area contributed by atoms with Crippen molar-refractivity contribution >= 4 is 17.5 Å². The van der Waals surface area contributed by atoms with Gasteiger partial charge in [0.2, 0.25) is 0 Å². The number of ketones is 2. The molecule has 14 atom stereocenters. The van der Waals surface area contributed by atoms with Crippen LogP contribution in [0.2, 0.25) is 0 Å². The minimum atomic E-state index is -1.18. The number of Topliss-reactive ketones (excluding diaryl/α,β-unsaturated/α-hetero) is 2. The van der Waals surface area contributed by atoms with Gasteiger partial charge in [0.1, 0.15) is 30.2 Å². The smallest absolute Gasteiger partial charge is 0.335 e. The lowest BCUT2D eigenvalue weighted by Crippen LogP contribution is -2.62. The molecule has 7 nitrogen and oxygen atoms in total. The maximum Gasteiger partial charge on any atom is 0.335 e. The van der Waals surface area contributed by atoms with Crippen molar-refractivity contribution in [2.75, 3.05) is 0 Å². The molecule has 14 unspecified atom stereocenters. The summed E-state index contributed by atoms with van der Waals surface area (Å²) in [7, 11) is 0. The number of aliphatic hydroxyl groups excluding tert-OH is 1. The Morgan fingerprint density at radius 2 is 1.58 bits per heavy atom. The highest BCUT2D eigenvalue weighted by Crippen LogP contribution is 2.71. The second-order valence-electron chi connectivity index (χ2n) is 14.7. The van der Waals surface area contributed by atoms with E-state index in [2.05, 4.69) is 20.8 Å². The summed E-state index contributed by atoms with van der Waals surface area (Å²) in [6, 6.07) is 0. The highest BCUT2D eigenvalue weighted by atomic mass is 16.7. The zero-order chi connectivity index (χ0) is 26.8. The summed E-state index contributed by atoms with van der Waals surface area (Å²) in [5.74, 6) is 1.91. The van der Waals surface area contributed by atoms with E-state index in [0.717, 1.165) is 57.8 Å². The second kappa shape index (κ2) is 8.36. The van der Waals surface area contributed by atoms with E-state index in [1.54, 1.807) is 0 Å². The standard InChI is InChI=1S/C31H44O7/c1-15-17-8-12-30(3)18-9-14-31(27(34)24-22(33)23-25(37-23)26(38-24)28(35)36)11-4-5-19(31)16(18)6-7-21(30)29(17,2)13-10-20(15)32/h15-19,21-26,33H,4-14H2,1-3H3,(H,35,36). The van der Waals surface area contributed by atoms with Crippen molar-refractivity contribution in [3.8, 4) is 0 Å². The van der Waals surface area contributed by atoms with Gasteiger partial charge < -0.3 is 19.7 Å². The van der Waals surface area contributed by atoms with E-state index in [9.17, 15) is 24.6 Å². The van der Waals surface area contributed by atoms with E-state index < -0.39 is 41.9 Å². The van der Waals surface area contributed by atoms with Crippen molar-refractivity contribution in [1.29, 1.82) is 0 Å². The molecule has 0 spiro atoms. The molecule has 0 radical (unpaired) electrons. The fourth-order valence-electron chi connectivity index (χ4n) is 11.9. The van der Waals surface area contributed by atoms with Crippen LogP contribution in [-0.2, 0) is 23.9 Å². The Labute approximate surface area is 225 Å². The van der Waals surface area contributed by atoms with Crippen molar-refractivity contribution < 1.29 is 34.1 Å². The molecule has 2 N–H and O–H groups in total. The van der Waals surface area contributed by atoms with Crippen LogP contribution in [0.15, 0.2) is 0 Å². The van der Waals surface area contributed by atoms with Gasteiger partial charge in [-0.3, -0.25) is 9.59 Å². The number of carbonyl (C=O) groups is 3. The van der Waals surface area contributed by atoms with Crippen LogP contribution in [-0.4, -0.2) is 58.3 Å². The van der Waals surface area contributed by atoms with Gasteiger partial charge in [-0.05, 0) is 98.2 Å². The van der Waals surface area contributed by atoms with Crippen LogP contribution in [0.4, 0.5) is 0 Å². The molecular formula is C31H44O7. The predicted octanol–water partition coefficient (Wildman–Crippen LogP) is 4.18. The van der Waals surface area contributed by atoms with Crippen molar-refractivity contribution in [3.63, 3.8) is 0 Å². The first kappa shape index (κ1) is 25.6. The van der Waals surface area contributed by atoms with E-state index in [-0.39, 0.29) is 28.4 Å². The predicted molar refractivity (Wildman–Crippen MR) is 137 cm³/mol. The first-order valence-electron chi connectivity index (χ1n) is 15.3. The number of fused-ring (bicyclic) bond motifs is 8. The molecule has 0 bridgehead atoms. The van der Waals surface area contributed by atoms with Crippen LogP contribution in [0.3, 0.4) is 0 Å². The fraction of sp³-hybridized carbons (Fsp3) is 0.903. The average molecular weight is 529 g/mol. The molecule has 7 rings (SSSR count). The van der Waals surface area contributed by atoms with E-state index in [0.29, 0.717) is 29.5 Å². The number of rotatable bonds is 3. The zero-order valence-corrected chi connectivity index (χ0v) is 23.1. The molecule has 210 valence electrons. The van der Waals surface area contributed by atoms with Gasteiger partial charge in [-0.2, -0.15) is 0 Å². The second-order valence-corrected chi connectivity index (χ2v) is 14.7. The van der Waals surface area contributed by atoms with E-state index >= 15 is 0 Å². The lowest BCUT2D eigenvalue weighted by atomic mass is 9.37. The molecule has 0 amide bonds.